The number of hydrogen-bond donors (Lipinski definition) is 1. The molecule has 2 aromatic carbocycles. The molecule has 0 saturated carbocycles. The number of aryl methyl sites for hydroxylation is 1. The van der Waals surface area contributed by atoms with Gasteiger partial charge >= 0.3 is 0 Å². The highest BCUT2D eigenvalue weighted by Crippen LogP contribution is 2.32. The second-order valence-electron chi connectivity index (χ2n) is 5.70. The van der Waals surface area contributed by atoms with Gasteiger partial charge in [0.15, 0.2) is 0 Å². The molecule has 6 heteroatoms. The van der Waals surface area contributed by atoms with Gasteiger partial charge in [-0.05, 0) is 24.3 Å². The van der Waals surface area contributed by atoms with Gasteiger partial charge in [0, 0.05) is 32.2 Å². The van der Waals surface area contributed by atoms with Gasteiger partial charge in [-0.2, -0.15) is 0 Å². The summed E-state index contributed by atoms with van der Waals surface area (Å²) in [7, 11) is 4.96. The molecule has 0 aliphatic carbocycles. The van der Waals surface area contributed by atoms with Crippen molar-refractivity contribution in [3.8, 4) is 0 Å². The Hall–Kier alpha value is -2.79. The molecule has 1 heterocycles. The topological polar surface area (TPSA) is 54.3 Å². The van der Waals surface area contributed by atoms with Crippen molar-refractivity contribution in [2.45, 2.75) is 0 Å². The number of rotatable bonds is 3. The molecule has 0 bridgehead atoms. The summed E-state index contributed by atoms with van der Waals surface area (Å²) in [6, 6.07) is 14.5. The first-order valence-electron chi connectivity index (χ1n) is 7.79. The number of fused-ring (bicyclic) bond motifs is 1. The van der Waals surface area contributed by atoms with Crippen LogP contribution < -0.4 is 15.8 Å². The summed E-state index contributed by atoms with van der Waals surface area (Å²) in [5.74, 6) is -0.391. The lowest BCUT2D eigenvalue weighted by atomic mass is 10.1. The number of carbonyl (C=O) groups is 1. The molecule has 0 saturated heterocycles. The number of anilines is 2. The van der Waals surface area contributed by atoms with E-state index in [1.165, 1.54) is 9.47 Å². The highest BCUT2D eigenvalue weighted by atomic mass is 35.5. The molecular weight excluding hydrogens is 338 g/mol. The summed E-state index contributed by atoms with van der Waals surface area (Å²) in [6.45, 7) is 0. The van der Waals surface area contributed by atoms with Crippen LogP contribution in [0.25, 0.3) is 10.9 Å². The van der Waals surface area contributed by atoms with Crippen LogP contribution in [-0.4, -0.2) is 24.6 Å². The van der Waals surface area contributed by atoms with E-state index >= 15 is 0 Å². The maximum atomic E-state index is 13.1. The first-order chi connectivity index (χ1) is 12.0. The van der Waals surface area contributed by atoms with E-state index in [1.54, 1.807) is 39.3 Å². The zero-order chi connectivity index (χ0) is 18.1. The number of nitrogens with one attached hydrogen (secondary N) is 1. The molecular formula is C19H18ClN3O2. The lowest BCUT2D eigenvalue weighted by Gasteiger charge is -2.21. The van der Waals surface area contributed by atoms with Crippen molar-refractivity contribution in [1.82, 2.24) is 4.57 Å². The molecule has 0 aliphatic heterocycles. The van der Waals surface area contributed by atoms with Crippen LogP contribution in [0.2, 0.25) is 5.02 Å². The summed E-state index contributed by atoms with van der Waals surface area (Å²) < 4.78 is 1.45. The minimum absolute atomic E-state index is 0.0666. The molecule has 0 fully saturated rings. The fraction of sp³-hybridized carbons (Fsp3) is 0.158. The molecule has 3 rings (SSSR count). The molecule has 0 spiro atoms. The maximum Gasteiger partial charge on any atom is 0.265 e. The number of nitrogens with zero attached hydrogens (tertiary/aromatic N) is 2. The molecule has 25 heavy (non-hydrogen) atoms. The van der Waals surface area contributed by atoms with Gasteiger partial charge < -0.3 is 14.8 Å². The number of halogens is 1. The van der Waals surface area contributed by atoms with Crippen molar-refractivity contribution in [2.24, 2.45) is 7.05 Å². The monoisotopic (exact) mass is 355 g/mol. The Balaban J connectivity index is 2.29. The van der Waals surface area contributed by atoms with Crippen LogP contribution in [0.15, 0.2) is 53.3 Å². The van der Waals surface area contributed by atoms with Crippen LogP contribution in [0.4, 0.5) is 11.4 Å². The van der Waals surface area contributed by atoms with E-state index in [1.807, 2.05) is 30.3 Å². The Morgan fingerprint density at radius 1 is 1.12 bits per heavy atom. The minimum Gasteiger partial charge on any atom is -0.387 e. The van der Waals surface area contributed by atoms with Gasteiger partial charge in [-0.25, -0.2) is 0 Å². The predicted molar refractivity (Wildman–Crippen MR) is 103 cm³/mol. The van der Waals surface area contributed by atoms with Gasteiger partial charge in [-0.3, -0.25) is 9.59 Å². The van der Waals surface area contributed by atoms with Gasteiger partial charge in [-0.15, -0.1) is 0 Å². The van der Waals surface area contributed by atoms with Gasteiger partial charge in [0.1, 0.15) is 5.56 Å². The fourth-order valence-electron chi connectivity index (χ4n) is 2.93. The van der Waals surface area contributed by atoms with E-state index in [0.29, 0.717) is 27.3 Å². The lowest BCUT2D eigenvalue weighted by Crippen LogP contribution is -2.35. The highest BCUT2D eigenvalue weighted by molar-refractivity contribution is 6.37. The Labute approximate surface area is 150 Å². The van der Waals surface area contributed by atoms with Crippen molar-refractivity contribution in [2.75, 3.05) is 24.3 Å². The van der Waals surface area contributed by atoms with E-state index in [-0.39, 0.29) is 11.1 Å². The molecule has 5 nitrogen and oxygen atoms in total. The Morgan fingerprint density at radius 2 is 1.80 bits per heavy atom. The van der Waals surface area contributed by atoms with E-state index in [2.05, 4.69) is 5.32 Å². The molecule has 1 N–H and O–H groups in total. The van der Waals surface area contributed by atoms with Crippen molar-refractivity contribution in [3.63, 3.8) is 0 Å². The van der Waals surface area contributed by atoms with Crippen molar-refractivity contribution < 1.29 is 4.79 Å². The van der Waals surface area contributed by atoms with E-state index in [0.717, 1.165) is 0 Å². The van der Waals surface area contributed by atoms with E-state index in [9.17, 15) is 9.59 Å². The minimum atomic E-state index is -0.391. The molecule has 1 amide bonds. The number of pyridine rings is 1. The van der Waals surface area contributed by atoms with Crippen molar-refractivity contribution in [3.05, 3.63) is 69.5 Å². The first kappa shape index (κ1) is 17.0. The van der Waals surface area contributed by atoms with Crippen LogP contribution in [0.1, 0.15) is 10.4 Å². The molecule has 0 aliphatic rings. The van der Waals surface area contributed by atoms with E-state index in [4.69, 9.17) is 11.6 Å². The fourth-order valence-corrected chi connectivity index (χ4v) is 3.20. The lowest BCUT2D eigenvalue weighted by molar-refractivity contribution is 0.0992. The molecule has 0 atom stereocenters. The van der Waals surface area contributed by atoms with Crippen LogP contribution >= 0.6 is 11.6 Å². The summed E-state index contributed by atoms with van der Waals surface area (Å²) in [6.07, 6.45) is 0. The molecule has 3 aromatic rings. The Kier molecular flexibility index (Phi) is 4.51. The van der Waals surface area contributed by atoms with Crippen molar-refractivity contribution >= 4 is 39.8 Å². The predicted octanol–water partition coefficient (Wildman–Crippen LogP) is 3.51. The Bertz CT molecular complexity index is 1010. The van der Waals surface area contributed by atoms with Crippen LogP contribution in [0.5, 0.6) is 0 Å². The second kappa shape index (κ2) is 6.61. The smallest absolute Gasteiger partial charge is 0.265 e. The number of carbonyl (C=O) groups excluding carboxylic acids is 1. The average molecular weight is 356 g/mol. The second-order valence-corrected chi connectivity index (χ2v) is 6.11. The third-order valence-corrected chi connectivity index (χ3v) is 4.60. The first-order valence-corrected chi connectivity index (χ1v) is 8.17. The maximum absolute atomic E-state index is 13.1. The molecule has 0 radical (unpaired) electrons. The van der Waals surface area contributed by atoms with Crippen molar-refractivity contribution in [1.29, 1.82) is 0 Å². The quantitative estimate of drug-likeness (QED) is 0.782. The standard InChI is InChI=1S/C19H18ClN3O2/c1-21-17-15-13(20)10-7-11-14(15)23(3)19(25)16(17)18(24)22(2)12-8-5-4-6-9-12/h4-11,21H,1-3H3. The van der Waals surface area contributed by atoms with Gasteiger partial charge in [-0.1, -0.05) is 35.9 Å². The normalized spacial score (nSPS) is 10.7. The van der Waals surface area contributed by atoms with Crippen LogP contribution in [-0.2, 0) is 7.05 Å². The number of benzene rings is 2. The van der Waals surface area contributed by atoms with Gasteiger partial charge in [0.2, 0.25) is 0 Å². The zero-order valence-electron chi connectivity index (χ0n) is 14.2. The third-order valence-electron chi connectivity index (χ3n) is 4.28. The van der Waals surface area contributed by atoms with Crippen LogP contribution in [0.3, 0.4) is 0 Å². The summed E-state index contributed by atoms with van der Waals surface area (Å²) in [5, 5.41) is 4.12. The third kappa shape index (κ3) is 2.76. The molecule has 128 valence electrons. The van der Waals surface area contributed by atoms with Gasteiger partial charge in [0.05, 0.1) is 16.2 Å². The number of para-hydroxylation sites is 1. The summed E-state index contributed by atoms with van der Waals surface area (Å²) in [4.78, 5) is 27.4. The van der Waals surface area contributed by atoms with Gasteiger partial charge in [0.25, 0.3) is 11.5 Å². The molecule has 1 aromatic heterocycles. The largest absolute Gasteiger partial charge is 0.387 e. The summed E-state index contributed by atoms with van der Waals surface area (Å²) >= 11 is 6.36. The SMILES string of the molecule is CNc1c(C(=O)N(C)c2ccccc2)c(=O)n(C)c2cccc(Cl)c12. The summed E-state index contributed by atoms with van der Waals surface area (Å²) in [5.41, 5.74) is 1.51. The van der Waals surface area contributed by atoms with Crippen LogP contribution in [0, 0.1) is 0 Å². The average Bonchev–Trinajstić information content (AvgIpc) is 2.64. The zero-order valence-corrected chi connectivity index (χ0v) is 15.0. The number of hydrogen-bond acceptors (Lipinski definition) is 3. The molecule has 0 unspecified atom stereocenters. The Morgan fingerprint density at radius 3 is 2.44 bits per heavy atom. The number of aromatic nitrogens is 1. The number of amides is 1. The highest BCUT2D eigenvalue weighted by Gasteiger charge is 2.25. The van der Waals surface area contributed by atoms with E-state index < -0.39 is 5.91 Å².